The van der Waals surface area contributed by atoms with E-state index in [9.17, 15) is 31.9 Å². The number of amides is 3. The molecule has 206 valence electrons. The van der Waals surface area contributed by atoms with Crippen LogP contribution in [0.25, 0.3) is 0 Å². The van der Waals surface area contributed by atoms with Crippen LogP contribution in [0.1, 0.15) is 30.8 Å². The van der Waals surface area contributed by atoms with Crippen molar-refractivity contribution in [3.8, 4) is 5.75 Å². The lowest BCUT2D eigenvalue weighted by atomic mass is 10.0. The van der Waals surface area contributed by atoms with Crippen molar-refractivity contribution in [2.75, 3.05) is 25.0 Å². The highest BCUT2D eigenvalue weighted by molar-refractivity contribution is 7.97. The lowest BCUT2D eigenvalue weighted by molar-refractivity contribution is -0.189. The molecule has 0 aliphatic carbocycles. The van der Waals surface area contributed by atoms with E-state index in [-0.39, 0.29) is 41.8 Å². The van der Waals surface area contributed by atoms with Crippen LogP contribution in [0.3, 0.4) is 0 Å². The zero-order chi connectivity index (χ0) is 28.0. The molecule has 0 radical (unpaired) electrons. The number of halogens is 5. The third-order valence-electron chi connectivity index (χ3n) is 6.34. The van der Waals surface area contributed by atoms with Crippen molar-refractivity contribution in [1.82, 2.24) is 19.5 Å². The van der Waals surface area contributed by atoms with E-state index in [0.29, 0.717) is 11.3 Å². The fourth-order valence-corrected chi connectivity index (χ4v) is 5.21. The third kappa shape index (κ3) is 5.43. The topological polar surface area (TPSA) is 105 Å². The van der Waals surface area contributed by atoms with Gasteiger partial charge in [0.25, 0.3) is 5.91 Å². The normalized spacial score (nSPS) is 19.5. The molecule has 1 spiro atoms. The van der Waals surface area contributed by atoms with Gasteiger partial charge in [0.1, 0.15) is 18.0 Å². The predicted molar refractivity (Wildman–Crippen MR) is 131 cm³/mol. The summed E-state index contributed by atoms with van der Waals surface area (Å²) in [6.07, 6.45) is -2.71. The number of nitrogens with one attached hydrogen (secondary N) is 3. The number of fused-ring (bicyclic) bond motifs is 1. The largest absolute Gasteiger partial charge is 0.488 e. The molecule has 9 nitrogen and oxygen atoms in total. The number of aromatic nitrogens is 1. The number of aryl methyl sites for hydroxylation is 1. The van der Waals surface area contributed by atoms with E-state index in [0.717, 1.165) is 19.9 Å². The number of carbonyl (C=O) groups is 3. The first-order valence-electron chi connectivity index (χ1n) is 11.3. The first kappa shape index (κ1) is 28.0. The highest BCUT2D eigenvalue weighted by Crippen LogP contribution is 2.40. The van der Waals surface area contributed by atoms with Gasteiger partial charge in [0.2, 0.25) is 0 Å². The van der Waals surface area contributed by atoms with Gasteiger partial charge >= 0.3 is 18.0 Å². The number of rotatable bonds is 3. The Morgan fingerprint density at radius 1 is 1.24 bits per heavy atom. The molecule has 1 aromatic heterocycles. The Hall–Kier alpha value is -2.97. The summed E-state index contributed by atoms with van der Waals surface area (Å²) >= 11 is 6.96. The van der Waals surface area contributed by atoms with Crippen LogP contribution in [0.4, 0.5) is 23.2 Å². The Balaban J connectivity index is 1.44. The molecule has 0 saturated carbocycles. The second kappa shape index (κ2) is 9.97. The zero-order valence-electron chi connectivity index (χ0n) is 20.5. The third-order valence-corrected chi connectivity index (χ3v) is 7.67. The number of hydrogen-bond acceptors (Lipinski definition) is 6. The predicted octanol–water partition coefficient (Wildman–Crippen LogP) is 3.49. The molecular formula is C23H24ClF4N5O4S. The molecule has 0 bridgehead atoms. The summed E-state index contributed by atoms with van der Waals surface area (Å²) in [5.74, 6) is -3.30. The van der Waals surface area contributed by atoms with Crippen molar-refractivity contribution in [1.29, 1.82) is 0 Å². The Labute approximate surface area is 224 Å². The molecule has 1 fully saturated rings. The maximum absolute atomic E-state index is 13.5. The van der Waals surface area contributed by atoms with Gasteiger partial charge < -0.3 is 24.8 Å². The second-order valence-electron chi connectivity index (χ2n) is 9.69. The van der Waals surface area contributed by atoms with Gasteiger partial charge in [-0.25, -0.2) is 9.11 Å². The number of ether oxygens (including phenoxy) is 1. The van der Waals surface area contributed by atoms with Crippen LogP contribution < -0.4 is 20.1 Å². The van der Waals surface area contributed by atoms with Crippen LogP contribution in [0.15, 0.2) is 29.3 Å². The van der Waals surface area contributed by atoms with E-state index in [1.54, 1.807) is 23.1 Å². The van der Waals surface area contributed by atoms with Gasteiger partial charge in [0.05, 0.1) is 15.5 Å². The van der Waals surface area contributed by atoms with Crippen LogP contribution in [-0.4, -0.2) is 64.1 Å². The van der Waals surface area contributed by atoms with Crippen molar-refractivity contribution >= 4 is 47.0 Å². The molecule has 1 aromatic carbocycles. The summed E-state index contributed by atoms with van der Waals surface area (Å²) in [5.41, 5.74) is -2.92. The lowest BCUT2D eigenvalue weighted by Crippen LogP contribution is -2.58. The molecule has 0 unspecified atom stereocenters. The highest BCUT2D eigenvalue weighted by Gasteiger charge is 2.50. The maximum Gasteiger partial charge on any atom is 0.410 e. The number of benzene rings is 1. The van der Waals surface area contributed by atoms with E-state index in [2.05, 4.69) is 10.0 Å². The molecule has 4 rings (SSSR count). The highest BCUT2D eigenvalue weighted by atomic mass is 35.5. The van der Waals surface area contributed by atoms with E-state index >= 15 is 0 Å². The fourth-order valence-electron chi connectivity index (χ4n) is 4.02. The van der Waals surface area contributed by atoms with Gasteiger partial charge in [-0.05, 0) is 50.4 Å². The van der Waals surface area contributed by atoms with Crippen molar-refractivity contribution in [2.45, 2.75) is 42.4 Å². The number of hydrogen-bond donors (Lipinski definition) is 3. The standard InChI is InChI=1S/C23H24ClF4N5O4S/c1-21(2,23(26,27)28)30-19(35)20(36)33-7-6-22(10-33)11-37-17-15(38-31-22)9-32(3)16(17)18(34)29-12-4-5-14(25)13(24)8-12/h4-5,8-9,31H,6-7,10-11H2,1-3H3,(H,29,34)(H,30,35)/t22-/m1/s1. The zero-order valence-corrected chi connectivity index (χ0v) is 22.0. The molecular weight excluding hydrogens is 554 g/mol. The molecule has 3 heterocycles. The average molecular weight is 578 g/mol. The first-order valence-corrected chi connectivity index (χ1v) is 12.5. The van der Waals surface area contributed by atoms with E-state index in [4.69, 9.17) is 16.3 Å². The molecule has 2 aromatic rings. The smallest absolute Gasteiger partial charge is 0.410 e. The van der Waals surface area contributed by atoms with Gasteiger partial charge in [-0.1, -0.05) is 11.6 Å². The summed E-state index contributed by atoms with van der Waals surface area (Å²) in [6.45, 7) is 1.68. The van der Waals surface area contributed by atoms with Gasteiger partial charge in [-0.3, -0.25) is 14.4 Å². The van der Waals surface area contributed by atoms with Crippen LogP contribution in [-0.2, 0) is 16.6 Å². The SMILES string of the molecule is Cn1cc2c(c1C(=O)Nc1ccc(F)c(Cl)c1)OC[C@]1(CCN(C(=O)C(=O)NC(C)(C)C(F)(F)F)C1)NS2. The minimum Gasteiger partial charge on any atom is -0.488 e. The van der Waals surface area contributed by atoms with Crippen LogP contribution in [0.5, 0.6) is 5.75 Å². The molecule has 1 atom stereocenters. The van der Waals surface area contributed by atoms with Crippen LogP contribution in [0, 0.1) is 5.82 Å². The summed E-state index contributed by atoms with van der Waals surface area (Å²) < 4.78 is 63.6. The van der Waals surface area contributed by atoms with Gasteiger partial charge in [-0.15, -0.1) is 0 Å². The molecule has 3 N–H and O–H groups in total. The summed E-state index contributed by atoms with van der Waals surface area (Å²) in [7, 11) is 1.65. The minimum absolute atomic E-state index is 0.00467. The van der Waals surface area contributed by atoms with Gasteiger partial charge in [-0.2, -0.15) is 13.2 Å². The molecule has 2 aliphatic rings. The molecule has 2 aliphatic heterocycles. The van der Waals surface area contributed by atoms with E-state index < -0.39 is 40.8 Å². The fraction of sp³-hybridized carbons (Fsp3) is 0.435. The van der Waals surface area contributed by atoms with E-state index in [1.165, 1.54) is 29.0 Å². The van der Waals surface area contributed by atoms with E-state index in [1.807, 2.05) is 0 Å². The van der Waals surface area contributed by atoms with Crippen molar-refractivity contribution in [3.05, 3.63) is 40.9 Å². The summed E-state index contributed by atoms with van der Waals surface area (Å²) in [6, 6.07) is 3.77. The quantitative estimate of drug-likeness (QED) is 0.293. The minimum atomic E-state index is -4.73. The Morgan fingerprint density at radius 3 is 2.61 bits per heavy atom. The maximum atomic E-state index is 13.5. The monoisotopic (exact) mass is 577 g/mol. The first-order chi connectivity index (χ1) is 17.6. The Morgan fingerprint density at radius 2 is 1.95 bits per heavy atom. The number of carbonyl (C=O) groups excluding carboxylic acids is 3. The van der Waals surface area contributed by atoms with Gasteiger partial charge in [0.15, 0.2) is 11.4 Å². The molecule has 1 saturated heterocycles. The molecule has 15 heteroatoms. The Kier molecular flexibility index (Phi) is 7.36. The van der Waals surface area contributed by atoms with Crippen LogP contribution in [0.2, 0.25) is 5.02 Å². The Bertz CT molecular complexity index is 1300. The van der Waals surface area contributed by atoms with Crippen LogP contribution >= 0.6 is 23.5 Å². The molecule has 3 amide bonds. The number of alkyl halides is 3. The van der Waals surface area contributed by atoms with Crippen molar-refractivity contribution in [2.24, 2.45) is 7.05 Å². The van der Waals surface area contributed by atoms with Crippen molar-refractivity contribution in [3.63, 3.8) is 0 Å². The van der Waals surface area contributed by atoms with Gasteiger partial charge in [0, 0.05) is 32.0 Å². The number of anilines is 1. The average Bonchev–Trinajstić information content (AvgIpc) is 3.33. The molecule has 38 heavy (non-hydrogen) atoms. The lowest BCUT2D eigenvalue weighted by Gasteiger charge is -2.30. The summed E-state index contributed by atoms with van der Waals surface area (Å²) in [4.78, 5) is 39.7. The number of likely N-dealkylation sites (tertiary alicyclic amines) is 1. The van der Waals surface area contributed by atoms with Crippen molar-refractivity contribution < 1.29 is 36.7 Å². The number of nitrogens with zero attached hydrogens (tertiary/aromatic N) is 2. The second-order valence-corrected chi connectivity index (χ2v) is 10.9. The summed E-state index contributed by atoms with van der Waals surface area (Å²) in [5, 5.41) is 4.25.